The Kier molecular flexibility index (Phi) is 5.69. The van der Waals surface area contributed by atoms with Gasteiger partial charge < -0.3 is 19.9 Å². The Bertz CT molecular complexity index is 552. The molecule has 1 aromatic carbocycles. The van der Waals surface area contributed by atoms with Crippen LogP contribution in [-0.2, 0) is 16.0 Å². The number of morpholine rings is 1. The first-order chi connectivity index (χ1) is 11.7. The second kappa shape index (κ2) is 8.15. The summed E-state index contributed by atoms with van der Waals surface area (Å²) in [5.41, 5.74) is 1.05. The molecule has 2 heterocycles. The van der Waals surface area contributed by atoms with Crippen LogP contribution in [0.15, 0.2) is 30.3 Å². The van der Waals surface area contributed by atoms with Gasteiger partial charge in [0.15, 0.2) is 0 Å². The highest BCUT2D eigenvalue weighted by atomic mass is 16.5. The number of hydrogen-bond acceptors (Lipinski definition) is 3. The Labute approximate surface area is 142 Å². The largest absolute Gasteiger partial charge is 0.378 e. The molecule has 0 unspecified atom stereocenters. The molecular formula is C18H25N3O3. The van der Waals surface area contributed by atoms with Crippen molar-refractivity contribution in [2.75, 3.05) is 39.4 Å². The lowest BCUT2D eigenvalue weighted by Crippen LogP contribution is -2.54. The number of ether oxygens (including phenoxy) is 1. The van der Waals surface area contributed by atoms with Crippen LogP contribution in [0.3, 0.4) is 0 Å². The van der Waals surface area contributed by atoms with Crippen LogP contribution in [0.5, 0.6) is 0 Å². The number of carbonyl (C=O) groups excluding carboxylic acids is 2. The maximum Gasteiger partial charge on any atom is 0.318 e. The van der Waals surface area contributed by atoms with Gasteiger partial charge in [-0.25, -0.2) is 4.79 Å². The molecule has 3 rings (SSSR count). The van der Waals surface area contributed by atoms with Gasteiger partial charge in [-0.1, -0.05) is 30.3 Å². The average molecular weight is 331 g/mol. The van der Waals surface area contributed by atoms with Gasteiger partial charge in [-0.15, -0.1) is 0 Å². The first kappa shape index (κ1) is 16.8. The van der Waals surface area contributed by atoms with Crippen LogP contribution in [0.2, 0.25) is 0 Å². The van der Waals surface area contributed by atoms with Crippen LogP contribution in [0.1, 0.15) is 18.4 Å². The summed E-state index contributed by atoms with van der Waals surface area (Å²) in [7, 11) is 0. The van der Waals surface area contributed by atoms with E-state index < -0.39 is 6.04 Å². The fourth-order valence-corrected chi connectivity index (χ4v) is 3.21. The molecule has 0 saturated carbocycles. The van der Waals surface area contributed by atoms with Crippen molar-refractivity contribution in [1.29, 1.82) is 0 Å². The molecule has 0 bridgehead atoms. The van der Waals surface area contributed by atoms with E-state index >= 15 is 0 Å². The summed E-state index contributed by atoms with van der Waals surface area (Å²) in [6, 6.07) is 9.16. The zero-order valence-electron chi connectivity index (χ0n) is 13.9. The fraction of sp³-hybridized carbons (Fsp3) is 0.556. The highest BCUT2D eigenvalue weighted by Gasteiger charge is 2.29. The third-order valence-electron chi connectivity index (χ3n) is 4.59. The lowest BCUT2D eigenvalue weighted by molar-refractivity contribution is -0.132. The van der Waals surface area contributed by atoms with E-state index in [0.29, 0.717) is 32.7 Å². The van der Waals surface area contributed by atoms with Crippen LogP contribution >= 0.6 is 0 Å². The minimum Gasteiger partial charge on any atom is -0.378 e. The SMILES string of the molecule is O=C(N[C@@H](Cc1ccccc1)C(=O)N1CCCC1)N1CCOCC1. The predicted molar refractivity (Wildman–Crippen MR) is 90.7 cm³/mol. The predicted octanol–water partition coefficient (Wildman–Crippen LogP) is 1.26. The summed E-state index contributed by atoms with van der Waals surface area (Å²) >= 11 is 0. The van der Waals surface area contributed by atoms with E-state index in [4.69, 9.17) is 4.74 Å². The summed E-state index contributed by atoms with van der Waals surface area (Å²) < 4.78 is 5.28. The third-order valence-corrected chi connectivity index (χ3v) is 4.59. The zero-order valence-corrected chi connectivity index (χ0v) is 13.9. The van der Waals surface area contributed by atoms with Crippen molar-refractivity contribution >= 4 is 11.9 Å². The van der Waals surface area contributed by atoms with Gasteiger partial charge >= 0.3 is 6.03 Å². The molecule has 130 valence electrons. The van der Waals surface area contributed by atoms with Crippen molar-refractivity contribution in [2.24, 2.45) is 0 Å². The molecule has 2 fully saturated rings. The molecule has 0 radical (unpaired) electrons. The van der Waals surface area contributed by atoms with Crippen LogP contribution < -0.4 is 5.32 Å². The molecule has 2 aliphatic rings. The van der Waals surface area contributed by atoms with Crippen LogP contribution in [0, 0.1) is 0 Å². The second-order valence-electron chi connectivity index (χ2n) is 6.32. The number of likely N-dealkylation sites (tertiary alicyclic amines) is 1. The van der Waals surface area contributed by atoms with Crippen molar-refractivity contribution < 1.29 is 14.3 Å². The molecule has 1 aromatic rings. The number of nitrogens with one attached hydrogen (secondary N) is 1. The van der Waals surface area contributed by atoms with Crippen molar-refractivity contribution in [2.45, 2.75) is 25.3 Å². The van der Waals surface area contributed by atoms with E-state index in [1.54, 1.807) is 4.90 Å². The molecule has 24 heavy (non-hydrogen) atoms. The molecule has 0 aromatic heterocycles. The number of hydrogen-bond donors (Lipinski definition) is 1. The summed E-state index contributed by atoms with van der Waals surface area (Å²) in [5, 5.41) is 2.95. The summed E-state index contributed by atoms with van der Waals surface area (Å²) in [4.78, 5) is 28.9. The van der Waals surface area contributed by atoms with Gasteiger partial charge in [0.2, 0.25) is 5.91 Å². The topological polar surface area (TPSA) is 61.9 Å². The van der Waals surface area contributed by atoms with Crippen molar-refractivity contribution in [3.05, 3.63) is 35.9 Å². The Morgan fingerprint density at radius 3 is 2.33 bits per heavy atom. The smallest absolute Gasteiger partial charge is 0.318 e. The standard InChI is InChI=1S/C18H25N3O3/c22-17(20-8-4-5-9-20)16(14-15-6-2-1-3-7-15)19-18(23)21-10-12-24-13-11-21/h1-3,6-7,16H,4-5,8-14H2,(H,19,23)/t16-/m0/s1. The maximum absolute atomic E-state index is 12.8. The number of rotatable bonds is 4. The molecule has 6 nitrogen and oxygen atoms in total. The van der Waals surface area contributed by atoms with E-state index in [0.717, 1.165) is 31.5 Å². The quantitative estimate of drug-likeness (QED) is 0.903. The number of benzene rings is 1. The molecule has 1 N–H and O–H groups in total. The van der Waals surface area contributed by atoms with Gasteiger partial charge in [0.25, 0.3) is 0 Å². The van der Waals surface area contributed by atoms with Gasteiger partial charge in [0.1, 0.15) is 6.04 Å². The normalized spacial score (nSPS) is 19.2. The fourth-order valence-electron chi connectivity index (χ4n) is 3.21. The Morgan fingerprint density at radius 2 is 1.67 bits per heavy atom. The summed E-state index contributed by atoms with van der Waals surface area (Å²) in [5.74, 6) is 0.0259. The van der Waals surface area contributed by atoms with Crippen molar-refractivity contribution in [1.82, 2.24) is 15.1 Å². The van der Waals surface area contributed by atoms with Gasteiger partial charge in [-0.05, 0) is 18.4 Å². The average Bonchev–Trinajstić information content (AvgIpc) is 3.17. The van der Waals surface area contributed by atoms with Crippen LogP contribution in [0.25, 0.3) is 0 Å². The van der Waals surface area contributed by atoms with Crippen molar-refractivity contribution in [3.63, 3.8) is 0 Å². The molecule has 3 amide bonds. The first-order valence-corrected chi connectivity index (χ1v) is 8.70. The zero-order chi connectivity index (χ0) is 16.8. The van der Waals surface area contributed by atoms with Crippen LogP contribution in [-0.4, -0.2) is 67.2 Å². The number of nitrogens with zero attached hydrogens (tertiary/aromatic N) is 2. The molecule has 0 spiro atoms. The van der Waals surface area contributed by atoms with E-state index in [1.807, 2.05) is 35.2 Å². The van der Waals surface area contributed by atoms with E-state index in [1.165, 1.54) is 0 Å². The van der Waals surface area contributed by atoms with Gasteiger partial charge in [0.05, 0.1) is 13.2 Å². The third kappa shape index (κ3) is 4.26. The maximum atomic E-state index is 12.8. The highest BCUT2D eigenvalue weighted by molar-refractivity contribution is 5.87. The van der Waals surface area contributed by atoms with Gasteiger partial charge in [-0.2, -0.15) is 0 Å². The molecular weight excluding hydrogens is 306 g/mol. The van der Waals surface area contributed by atoms with E-state index in [-0.39, 0.29) is 11.9 Å². The minimum atomic E-state index is -0.513. The molecule has 2 saturated heterocycles. The molecule has 0 aliphatic carbocycles. The molecule has 1 atom stereocenters. The van der Waals surface area contributed by atoms with E-state index in [9.17, 15) is 9.59 Å². The number of amides is 3. The van der Waals surface area contributed by atoms with Gasteiger partial charge in [-0.3, -0.25) is 4.79 Å². The van der Waals surface area contributed by atoms with Crippen molar-refractivity contribution in [3.8, 4) is 0 Å². The number of carbonyl (C=O) groups is 2. The summed E-state index contributed by atoms with van der Waals surface area (Å²) in [6.07, 6.45) is 2.61. The van der Waals surface area contributed by atoms with Gasteiger partial charge in [0, 0.05) is 32.6 Å². The monoisotopic (exact) mass is 331 g/mol. The minimum absolute atomic E-state index is 0.0259. The first-order valence-electron chi connectivity index (χ1n) is 8.70. The lowest BCUT2D eigenvalue weighted by atomic mass is 10.0. The Morgan fingerprint density at radius 1 is 1.00 bits per heavy atom. The highest BCUT2D eigenvalue weighted by Crippen LogP contribution is 2.13. The number of urea groups is 1. The Balaban J connectivity index is 1.68. The summed E-state index contributed by atoms with van der Waals surface area (Å²) in [6.45, 7) is 3.83. The molecule has 2 aliphatic heterocycles. The second-order valence-corrected chi connectivity index (χ2v) is 6.32. The Hall–Kier alpha value is -2.08. The lowest BCUT2D eigenvalue weighted by Gasteiger charge is -2.30. The van der Waals surface area contributed by atoms with E-state index in [2.05, 4.69) is 5.32 Å². The molecule has 6 heteroatoms. The van der Waals surface area contributed by atoms with Crippen LogP contribution in [0.4, 0.5) is 4.79 Å².